The molecule has 3 heteroatoms. The standard InChI is InChI=1S/C15H17ClOS/c1-15(2,3)11-6-4-10(5-7-11)13(17)14-12(16)8-9-18-14/h4-9,13,17H,1-3H3. The first-order valence-corrected chi connectivity index (χ1v) is 7.17. The maximum absolute atomic E-state index is 10.3. The molecular weight excluding hydrogens is 264 g/mol. The van der Waals surface area contributed by atoms with Crippen molar-refractivity contribution in [1.82, 2.24) is 0 Å². The van der Waals surface area contributed by atoms with Crippen LogP contribution in [0.15, 0.2) is 35.7 Å². The van der Waals surface area contributed by atoms with E-state index in [1.165, 1.54) is 16.9 Å². The number of aliphatic hydroxyl groups is 1. The molecule has 2 rings (SSSR count). The van der Waals surface area contributed by atoms with Crippen molar-refractivity contribution in [3.05, 3.63) is 56.7 Å². The van der Waals surface area contributed by atoms with E-state index >= 15 is 0 Å². The Morgan fingerprint density at radius 1 is 1.11 bits per heavy atom. The lowest BCUT2D eigenvalue weighted by Crippen LogP contribution is -2.11. The molecule has 1 N–H and O–H groups in total. The second-order valence-corrected chi connectivity index (χ2v) is 6.76. The smallest absolute Gasteiger partial charge is 0.115 e. The van der Waals surface area contributed by atoms with Gasteiger partial charge in [-0.1, -0.05) is 56.6 Å². The molecule has 0 saturated heterocycles. The fourth-order valence-electron chi connectivity index (χ4n) is 1.82. The van der Waals surface area contributed by atoms with E-state index in [1.54, 1.807) is 0 Å². The molecule has 0 spiro atoms. The predicted molar refractivity (Wildman–Crippen MR) is 78.5 cm³/mol. The highest BCUT2D eigenvalue weighted by molar-refractivity contribution is 7.10. The van der Waals surface area contributed by atoms with Crippen LogP contribution in [0, 0.1) is 0 Å². The van der Waals surface area contributed by atoms with E-state index < -0.39 is 6.10 Å². The molecule has 1 nitrogen and oxygen atoms in total. The molecule has 1 heterocycles. The Labute approximate surface area is 117 Å². The van der Waals surface area contributed by atoms with Crippen LogP contribution >= 0.6 is 22.9 Å². The number of thiophene rings is 1. The largest absolute Gasteiger partial charge is 0.383 e. The van der Waals surface area contributed by atoms with Gasteiger partial charge in [-0.25, -0.2) is 0 Å². The molecule has 0 amide bonds. The predicted octanol–water partition coefficient (Wildman–Crippen LogP) is 4.78. The van der Waals surface area contributed by atoms with Crippen molar-refractivity contribution in [1.29, 1.82) is 0 Å². The van der Waals surface area contributed by atoms with E-state index in [4.69, 9.17) is 11.6 Å². The van der Waals surface area contributed by atoms with E-state index in [2.05, 4.69) is 32.9 Å². The first-order valence-electron chi connectivity index (χ1n) is 5.91. The van der Waals surface area contributed by atoms with Gasteiger partial charge in [0, 0.05) is 0 Å². The van der Waals surface area contributed by atoms with Crippen LogP contribution in [0.4, 0.5) is 0 Å². The van der Waals surface area contributed by atoms with Crippen LogP contribution in [0.2, 0.25) is 5.02 Å². The molecule has 0 aliphatic carbocycles. The van der Waals surface area contributed by atoms with Crippen LogP contribution in [0.3, 0.4) is 0 Å². The fourth-order valence-corrected chi connectivity index (χ4v) is 2.99. The van der Waals surface area contributed by atoms with Gasteiger partial charge in [0.1, 0.15) is 6.10 Å². The van der Waals surface area contributed by atoms with Gasteiger partial charge < -0.3 is 5.11 Å². The van der Waals surface area contributed by atoms with Gasteiger partial charge in [0.25, 0.3) is 0 Å². The van der Waals surface area contributed by atoms with Crippen molar-refractivity contribution in [2.45, 2.75) is 32.3 Å². The average Bonchev–Trinajstić information content (AvgIpc) is 2.73. The molecule has 0 saturated carbocycles. The Balaban J connectivity index is 2.28. The van der Waals surface area contributed by atoms with E-state index in [1.807, 2.05) is 23.6 Å². The fraction of sp³-hybridized carbons (Fsp3) is 0.333. The Hall–Kier alpha value is -0.830. The van der Waals surface area contributed by atoms with Crippen LogP contribution in [0.25, 0.3) is 0 Å². The maximum atomic E-state index is 10.3. The van der Waals surface area contributed by atoms with Gasteiger partial charge in [-0.3, -0.25) is 0 Å². The third-order valence-electron chi connectivity index (χ3n) is 2.99. The summed E-state index contributed by atoms with van der Waals surface area (Å²) < 4.78 is 0. The zero-order chi connectivity index (χ0) is 13.3. The van der Waals surface area contributed by atoms with Crippen molar-refractivity contribution in [2.24, 2.45) is 0 Å². The van der Waals surface area contributed by atoms with Crippen molar-refractivity contribution >= 4 is 22.9 Å². The Bertz CT molecular complexity index is 522. The minimum absolute atomic E-state index is 0.129. The topological polar surface area (TPSA) is 20.2 Å². The lowest BCUT2D eigenvalue weighted by molar-refractivity contribution is 0.224. The Morgan fingerprint density at radius 3 is 2.17 bits per heavy atom. The molecule has 1 aromatic carbocycles. The summed E-state index contributed by atoms with van der Waals surface area (Å²) in [5.74, 6) is 0. The highest BCUT2D eigenvalue weighted by Crippen LogP contribution is 2.33. The van der Waals surface area contributed by atoms with Crippen molar-refractivity contribution in [3.63, 3.8) is 0 Å². The average molecular weight is 281 g/mol. The first-order chi connectivity index (χ1) is 8.39. The highest BCUT2D eigenvalue weighted by atomic mass is 35.5. The van der Waals surface area contributed by atoms with Gasteiger partial charge in [-0.05, 0) is 28.0 Å². The third-order valence-corrected chi connectivity index (χ3v) is 4.40. The summed E-state index contributed by atoms with van der Waals surface area (Å²) >= 11 is 7.52. The molecule has 0 fully saturated rings. The van der Waals surface area contributed by atoms with E-state index in [-0.39, 0.29) is 5.41 Å². The van der Waals surface area contributed by atoms with Gasteiger partial charge in [-0.2, -0.15) is 0 Å². The molecule has 18 heavy (non-hydrogen) atoms. The summed E-state index contributed by atoms with van der Waals surface area (Å²) in [7, 11) is 0. The molecule has 0 aliphatic rings. The summed E-state index contributed by atoms with van der Waals surface area (Å²) in [4.78, 5) is 0.806. The number of hydrogen-bond acceptors (Lipinski definition) is 2. The molecule has 1 unspecified atom stereocenters. The van der Waals surface area contributed by atoms with Gasteiger partial charge in [0.05, 0.1) is 9.90 Å². The summed E-state index contributed by atoms with van der Waals surface area (Å²) in [5, 5.41) is 12.8. The molecule has 0 bridgehead atoms. The molecular formula is C15H17ClOS. The summed E-state index contributed by atoms with van der Waals surface area (Å²) in [6, 6.07) is 9.90. The lowest BCUT2D eigenvalue weighted by Gasteiger charge is -2.20. The monoisotopic (exact) mass is 280 g/mol. The van der Waals surface area contributed by atoms with Crippen LogP contribution in [0.5, 0.6) is 0 Å². The van der Waals surface area contributed by atoms with Crippen LogP contribution in [0.1, 0.15) is 42.9 Å². The van der Waals surface area contributed by atoms with Gasteiger partial charge in [0.15, 0.2) is 0 Å². The quantitative estimate of drug-likeness (QED) is 0.839. The minimum atomic E-state index is -0.633. The number of benzene rings is 1. The van der Waals surface area contributed by atoms with Crippen LogP contribution < -0.4 is 0 Å². The van der Waals surface area contributed by atoms with Gasteiger partial charge in [-0.15, -0.1) is 11.3 Å². The second kappa shape index (κ2) is 5.04. The number of hydrogen-bond donors (Lipinski definition) is 1. The van der Waals surface area contributed by atoms with Gasteiger partial charge in [0.2, 0.25) is 0 Å². The van der Waals surface area contributed by atoms with E-state index in [0.717, 1.165) is 10.4 Å². The first kappa shape index (κ1) is 13.6. The van der Waals surface area contributed by atoms with Gasteiger partial charge >= 0.3 is 0 Å². The van der Waals surface area contributed by atoms with E-state index in [9.17, 15) is 5.11 Å². The normalized spacial score (nSPS) is 13.6. The number of rotatable bonds is 2. The minimum Gasteiger partial charge on any atom is -0.383 e. The molecule has 2 aromatic rings. The molecule has 1 atom stereocenters. The van der Waals surface area contributed by atoms with Crippen molar-refractivity contribution in [2.75, 3.05) is 0 Å². The van der Waals surface area contributed by atoms with Crippen LogP contribution in [-0.2, 0) is 5.41 Å². The Kier molecular flexibility index (Phi) is 3.81. The maximum Gasteiger partial charge on any atom is 0.115 e. The molecule has 0 aliphatic heterocycles. The molecule has 96 valence electrons. The second-order valence-electron chi connectivity index (χ2n) is 5.41. The van der Waals surface area contributed by atoms with Crippen molar-refractivity contribution in [3.8, 4) is 0 Å². The SMILES string of the molecule is CC(C)(C)c1ccc(C(O)c2sccc2Cl)cc1. The molecule has 1 aromatic heterocycles. The number of aliphatic hydroxyl groups excluding tert-OH is 1. The summed E-state index contributed by atoms with van der Waals surface area (Å²) in [5.41, 5.74) is 2.27. The van der Waals surface area contributed by atoms with Crippen molar-refractivity contribution < 1.29 is 5.11 Å². The summed E-state index contributed by atoms with van der Waals surface area (Å²) in [6.45, 7) is 6.53. The zero-order valence-electron chi connectivity index (χ0n) is 10.8. The lowest BCUT2D eigenvalue weighted by atomic mass is 9.86. The molecule has 0 radical (unpaired) electrons. The van der Waals surface area contributed by atoms with E-state index in [0.29, 0.717) is 5.02 Å². The number of halogens is 1. The zero-order valence-corrected chi connectivity index (χ0v) is 12.3. The van der Waals surface area contributed by atoms with Crippen LogP contribution in [-0.4, -0.2) is 5.11 Å². The Morgan fingerprint density at radius 2 is 1.72 bits per heavy atom. The summed E-state index contributed by atoms with van der Waals surface area (Å²) in [6.07, 6.45) is -0.633. The highest BCUT2D eigenvalue weighted by Gasteiger charge is 2.17. The third kappa shape index (κ3) is 2.77.